The lowest BCUT2D eigenvalue weighted by Crippen LogP contribution is -2.05. The highest BCUT2D eigenvalue weighted by atomic mass is 16.5. The lowest BCUT2D eigenvalue weighted by atomic mass is 10.1. The molecule has 4 heteroatoms. The fourth-order valence-corrected chi connectivity index (χ4v) is 2.29. The van der Waals surface area contributed by atoms with E-state index in [0.717, 1.165) is 22.6 Å². The molecule has 0 aliphatic rings. The molecule has 0 unspecified atom stereocenters. The maximum atomic E-state index is 12.1. The van der Waals surface area contributed by atoms with Gasteiger partial charge in [0.15, 0.2) is 0 Å². The number of aromatic nitrogens is 2. The largest absolute Gasteiger partial charge is 0.497 e. The van der Waals surface area contributed by atoms with Crippen LogP contribution in [-0.2, 0) is 0 Å². The molecule has 2 aromatic carbocycles. The van der Waals surface area contributed by atoms with E-state index < -0.39 is 0 Å². The van der Waals surface area contributed by atoms with Gasteiger partial charge in [-0.25, -0.2) is 0 Å². The Labute approximate surface area is 122 Å². The normalized spacial score (nSPS) is 10.6. The quantitative estimate of drug-likeness (QED) is 0.801. The maximum absolute atomic E-state index is 12.1. The van der Waals surface area contributed by atoms with Gasteiger partial charge in [-0.15, -0.1) is 0 Å². The Morgan fingerprint density at radius 1 is 1.10 bits per heavy atom. The maximum Gasteiger partial charge on any atom is 0.272 e. The molecule has 3 aromatic rings. The average molecular weight is 280 g/mol. The zero-order valence-electron chi connectivity index (χ0n) is 12.0. The summed E-state index contributed by atoms with van der Waals surface area (Å²) in [5.74, 6) is 0.784. The molecule has 0 amide bonds. The number of H-pyrrole nitrogens is 1. The minimum absolute atomic E-state index is 0.101. The summed E-state index contributed by atoms with van der Waals surface area (Å²) in [6, 6.07) is 15.4. The molecule has 0 aliphatic carbocycles. The van der Waals surface area contributed by atoms with Crippen LogP contribution in [0.2, 0.25) is 0 Å². The fourth-order valence-electron chi connectivity index (χ4n) is 2.29. The van der Waals surface area contributed by atoms with Crippen molar-refractivity contribution in [2.24, 2.45) is 0 Å². The second kappa shape index (κ2) is 5.32. The third kappa shape index (κ3) is 2.60. The number of benzene rings is 2. The first-order valence-electron chi connectivity index (χ1n) is 6.70. The Hall–Kier alpha value is -2.75. The molecule has 21 heavy (non-hydrogen) atoms. The standard InChI is InChI=1S/C17H16N2O2/c1-12-4-3-5-13(10-12)16-11-19(18-17(16)20)14-6-8-15(21-2)9-7-14/h3-11H,1-2H3,(H,18,20). The summed E-state index contributed by atoms with van der Waals surface area (Å²) < 4.78 is 6.86. The van der Waals surface area contributed by atoms with Crippen molar-refractivity contribution in [1.29, 1.82) is 0 Å². The molecule has 0 radical (unpaired) electrons. The second-order valence-electron chi connectivity index (χ2n) is 4.92. The van der Waals surface area contributed by atoms with Gasteiger partial charge >= 0.3 is 0 Å². The zero-order chi connectivity index (χ0) is 14.8. The van der Waals surface area contributed by atoms with E-state index in [2.05, 4.69) is 5.10 Å². The van der Waals surface area contributed by atoms with Gasteiger partial charge in [-0.3, -0.25) is 14.6 Å². The molecule has 1 heterocycles. The number of aryl methyl sites for hydroxylation is 1. The van der Waals surface area contributed by atoms with Crippen molar-refractivity contribution >= 4 is 0 Å². The van der Waals surface area contributed by atoms with Crippen LogP contribution in [0.15, 0.2) is 59.5 Å². The van der Waals surface area contributed by atoms with E-state index in [1.807, 2.05) is 61.7 Å². The summed E-state index contributed by atoms with van der Waals surface area (Å²) in [6.07, 6.45) is 1.82. The Morgan fingerprint density at radius 3 is 2.52 bits per heavy atom. The predicted octanol–water partition coefficient (Wildman–Crippen LogP) is 3.15. The molecule has 0 bridgehead atoms. The average Bonchev–Trinajstić information content (AvgIpc) is 2.89. The smallest absolute Gasteiger partial charge is 0.272 e. The molecule has 0 spiro atoms. The number of aromatic amines is 1. The Morgan fingerprint density at radius 2 is 1.86 bits per heavy atom. The first kappa shape index (κ1) is 13.2. The van der Waals surface area contributed by atoms with Gasteiger partial charge in [-0.05, 0) is 36.8 Å². The van der Waals surface area contributed by atoms with Crippen LogP contribution in [0, 0.1) is 6.92 Å². The van der Waals surface area contributed by atoms with Crippen molar-refractivity contribution in [2.45, 2.75) is 6.92 Å². The van der Waals surface area contributed by atoms with Gasteiger partial charge in [0.2, 0.25) is 0 Å². The topological polar surface area (TPSA) is 47.0 Å². The molecular formula is C17H16N2O2. The van der Waals surface area contributed by atoms with E-state index in [9.17, 15) is 4.79 Å². The molecule has 106 valence electrons. The van der Waals surface area contributed by atoms with E-state index in [1.54, 1.807) is 11.8 Å². The van der Waals surface area contributed by atoms with Crippen LogP contribution < -0.4 is 10.3 Å². The molecule has 0 aliphatic heterocycles. The van der Waals surface area contributed by atoms with E-state index in [1.165, 1.54) is 0 Å². The van der Waals surface area contributed by atoms with E-state index in [-0.39, 0.29) is 5.56 Å². The summed E-state index contributed by atoms with van der Waals surface area (Å²) in [4.78, 5) is 12.1. The highest BCUT2D eigenvalue weighted by Crippen LogP contribution is 2.19. The van der Waals surface area contributed by atoms with Gasteiger partial charge in [0.25, 0.3) is 5.56 Å². The third-order valence-corrected chi connectivity index (χ3v) is 3.40. The Balaban J connectivity index is 2.03. The number of methoxy groups -OCH3 is 1. The Kier molecular flexibility index (Phi) is 3.36. The van der Waals surface area contributed by atoms with Crippen LogP contribution in [0.5, 0.6) is 5.75 Å². The zero-order valence-corrected chi connectivity index (χ0v) is 12.0. The monoisotopic (exact) mass is 280 g/mol. The van der Waals surface area contributed by atoms with Crippen molar-refractivity contribution in [3.05, 3.63) is 70.6 Å². The number of hydrogen-bond donors (Lipinski definition) is 1. The SMILES string of the molecule is COc1ccc(-n2cc(-c3cccc(C)c3)c(=O)[nH]2)cc1. The molecule has 3 rings (SSSR count). The van der Waals surface area contributed by atoms with Crippen molar-refractivity contribution in [2.75, 3.05) is 7.11 Å². The Bertz CT molecular complexity index is 813. The summed E-state index contributed by atoms with van der Waals surface area (Å²) in [5.41, 5.74) is 3.49. The fraction of sp³-hybridized carbons (Fsp3) is 0.118. The first-order chi connectivity index (χ1) is 10.2. The molecule has 0 fully saturated rings. The van der Waals surface area contributed by atoms with Gasteiger partial charge in [-0.2, -0.15) is 0 Å². The van der Waals surface area contributed by atoms with Gasteiger partial charge < -0.3 is 4.74 Å². The lowest BCUT2D eigenvalue weighted by molar-refractivity contribution is 0.414. The van der Waals surface area contributed by atoms with Crippen LogP contribution >= 0.6 is 0 Å². The van der Waals surface area contributed by atoms with Gasteiger partial charge in [0, 0.05) is 6.20 Å². The van der Waals surface area contributed by atoms with E-state index in [4.69, 9.17) is 4.74 Å². The number of ether oxygens (including phenoxy) is 1. The van der Waals surface area contributed by atoms with Crippen LogP contribution in [-0.4, -0.2) is 16.9 Å². The van der Waals surface area contributed by atoms with Crippen molar-refractivity contribution in [1.82, 2.24) is 9.78 Å². The van der Waals surface area contributed by atoms with Crippen molar-refractivity contribution in [3.8, 4) is 22.6 Å². The molecule has 0 atom stereocenters. The van der Waals surface area contributed by atoms with Crippen LogP contribution in [0.3, 0.4) is 0 Å². The second-order valence-corrected chi connectivity index (χ2v) is 4.92. The summed E-state index contributed by atoms with van der Waals surface area (Å²) in [7, 11) is 1.63. The number of hydrogen-bond acceptors (Lipinski definition) is 2. The van der Waals surface area contributed by atoms with Crippen LogP contribution in [0.25, 0.3) is 16.8 Å². The van der Waals surface area contributed by atoms with E-state index >= 15 is 0 Å². The molecule has 1 aromatic heterocycles. The minimum Gasteiger partial charge on any atom is -0.497 e. The molecule has 0 saturated heterocycles. The highest BCUT2D eigenvalue weighted by Gasteiger charge is 2.08. The number of nitrogens with one attached hydrogen (secondary N) is 1. The molecular weight excluding hydrogens is 264 g/mol. The van der Waals surface area contributed by atoms with Crippen LogP contribution in [0.1, 0.15) is 5.56 Å². The first-order valence-corrected chi connectivity index (χ1v) is 6.70. The summed E-state index contributed by atoms with van der Waals surface area (Å²) >= 11 is 0. The van der Waals surface area contributed by atoms with Crippen molar-refractivity contribution in [3.63, 3.8) is 0 Å². The highest BCUT2D eigenvalue weighted by molar-refractivity contribution is 5.63. The summed E-state index contributed by atoms with van der Waals surface area (Å²) in [5, 5.41) is 2.84. The molecule has 4 nitrogen and oxygen atoms in total. The van der Waals surface area contributed by atoms with Gasteiger partial charge in [0.1, 0.15) is 5.75 Å². The number of nitrogens with zero attached hydrogens (tertiary/aromatic N) is 1. The van der Waals surface area contributed by atoms with Gasteiger partial charge in [-0.1, -0.05) is 29.8 Å². The molecule has 0 saturated carbocycles. The third-order valence-electron chi connectivity index (χ3n) is 3.40. The lowest BCUT2D eigenvalue weighted by Gasteiger charge is -2.03. The van der Waals surface area contributed by atoms with E-state index in [0.29, 0.717) is 5.56 Å². The summed E-state index contributed by atoms with van der Waals surface area (Å²) in [6.45, 7) is 2.01. The van der Waals surface area contributed by atoms with Gasteiger partial charge in [0.05, 0.1) is 18.4 Å². The predicted molar refractivity (Wildman–Crippen MR) is 83.1 cm³/mol. The molecule has 1 N–H and O–H groups in total. The number of rotatable bonds is 3. The van der Waals surface area contributed by atoms with Crippen LogP contribution in [0.4, 0.5) is 0 Å². The minimum atomic E-state index is -0.101. The van der Waals surface area contributed by atoms with Crippen molar-refractivity contribution < 1.29 is 4.74 Å².